The molecule has 1 fully saturated rings. The van der Waals surface area contributed by atoms with Crippen LogP contribution in [0.3, 0.4) is 0 Å². The van der Waals surface area contributed by atoms with E-state index in [1.807, 2.05) is 6.92 Å². The van der Waals surface area contributed by atoms with Crippen LogP contribution in [0, 0.1) is 12.3 Å². The van der Waals surface area contributed by atoms with E-state index in [0.29, 0.717) is 16.5 Å². The lowest BCUT2D eigenvalue weighted by atomic mass is 10.1. The molecule has 5 heteroatoms. The Hall–Kier alpha value is -1.26. The van der Waals surface area contributed by atoms with Crippen molar-refractivity contribution in [2.45, 2.75) is 19.8 Å². The van der Waals surface area contributed by atoms with Gasteiger partial charge in [0.15, 0.2) is 0 Å². The summed E-state index contributed by atoms with van der Waals surface area (Å²) < 4.78 is 5.10. The van der Waals surface area contributed by atoms with E-state index in [1.54, 1.807) is 19.2 Å². The number of ether oxygens (including phenoxy) is 1. The molecule has 4 nitrogen and oxygen atoms in total. The molecule has 0 saturated heterocycles. The number of rotatable bonds is 4. The summed E-state index contributed by atoms with van der Waals surface area (Å²) in [6, 6.07) is 3.44. The zero-order valence-corrected chi connectivity index (χ0v) is 11.2. The monoisotopic (exact) mass is 269 g/mol. The molecule has 0 aromatic heterocycles. The van der Waals surface area contributed by atoms with Crippen LogP contribution in [0.2, 0.25) is 5.02 Å². The summed E-state index contributed by atoms with van der Waals surface area (Å²) in [6.07, 6.45) is 1.47. The van der Waals surface area contributed by atoms with E-state index in [0.717, 1.165) is 18.4 Å². The number of nitrogens with one attached hydrogen (secondary N) is 1. The summed E-state index contributed by atoms with van der Waals surface area (Å²) in [6.45, 7) is 1.76. The second-order valence-corrected chi connectivity index (χ2v) is 5.10. The van der Waals surface area contributed by atoms with Crippen molar-refractivity contribution in [1.82, 2.24) is 0 Å². The quantitative estimate of drug-likeness (QED) is 0.882. The summed E-state index contributed by atoms with van der Waals surface area (Å²) in [4.78, 5) is 12.0. The van der Waals surface area contributed by atoms with Crippen molar-refractivity contribution in [1.29, 1.82) is 0 Å². The highest BCUT2D eigenvalue weighted by Crippen LogP contribution is 2.46. The van der Waals surface area contributed by atoms with Gasteiger partial charge in [0.05, 0.1) is 24.2 Å². The van der Waals surface area contributed by atoms with Crippen LogP contribution in [-0.2, 0) is 4.79 Å². The van der Waals surface area contributed by atoms with Gasteiger partial charge < -0.3 is 15.2 Å². The number of methoxy groups -OCH3 is 1. The zero-order valence-electron chi connectivity index (χ0n) is 10.4. The number of halogens is 1. The van der Waals surface area contributed by atoms with Crippen LogP contribution in [0.1, 0.15) is 18.4 Å². The molecular formula is C13H16ClNO3. The standard InChI is InChI=1S/C13H16ClNO3/c1-8-5-11(18-2)9(14)6-10(8)15-12(17)13(7-16)3-4-13/h5-6,16H,3-4,7H2,1-2H3,(H,15,17). The van der Waals surface area contributed by atoms with Gasteiger partial charge in [0.25, 0.3) is 0 Å². The summed E-state index contributed by atoms with van der Waals surface area (Å²) in [5.41, 5.74) is 0.947. The first-order chi connectivity index (χ1) is 8.52. The summed E-state index contributed by atoms with van der Waals surface area (Å²) in [5, 5.41) is 12.5. The Morgan fingerprint density at radius 1 is 1.56 bits per heavy atom. The lowest BCUT2D eigenvalue weighted by molar-refractivity contribution is -0.122. The second-order valence-electron chi connectivity index (χ2n) is 4.69. The van der Waals surface area contributed by atoms with Crippen molar-refractivity contribution < 1.29 is 14.6 Å². The van der Waals surface area contributed by atoms with Gasteiger partial charge in [-0.2, -0.15) is 0 Å². The van der Waals surface area contributed by atoms with Crippen LogP contribution in [0.15, 0.2) is 12.1 Å². The van der Waals surface area contributed by atoms with E-state index in [4.69, 9.17) is 16.3 Å². The predicted octanol–water partition coefficient (Wildman–Crippen LogP) is 2.37. The minimum Gasteiger partial charge on any atom is -0.495 e. The number of carbonyl (C=O) groups excluding carboxylic acids is 1. The molecule has 0 spiro atoms. The molecule has 1 saturated carbocycles. The van der Waals surface area contributed by atoms with E-state index in [2.05, 4.69) is 5.32 Å². The number of aliphatic hydroxyl groups excluding tert-OH is 1. The topological polar surface area (TPSA) is 58.6 Å². The Morgan fingerprint density at radius 2 is 2.22 bits per heavy atom. The Bertz CT molecular complexity index is 483. The molecule has 2 rings (SSSR count). The maximum absolute atomic E-state index is 12.0. The van der Waals surface area contributed by atoms with Crippen molar-refractivity contribution >= 4 is 23.2 Å². The zero-order chi connectivity index (χ0) is 13.3. The number of anilines is 1. The minimum atomic E-state index is -0.584. The van der Waals surface area contributed by atoms with Crippen LogP contribution < -0.4 is 10.1 Å². The number of benzene rings is 1. The van der Waals surface area contributed by atoms with Crippen LogP contribution in [0.25, 0.3) is 0 Å². The van der Waals surface area contributed by atoms with Gasteiger partial charge in [0, 0.05) is 5.69 Å². The van der Waals surface area contributed by atoms with Gasteiger partial charge >= 0.3 is 0 Å². The van der Waals surface area contributed by atoms with E-state index in [9.17, 15) is 9.90 Å². The highest BCUT2D eigenvalue weighted by Gasteiger charge is 2.49. The molecule has 1 aromatic carbocycles. The fourth-order valence-electron chi connectivity index (χ4n) is 1.81. The minimum absolute atomic E-state index is 0.109. The van der Waals surface area contributed by atoms with E-state index < -0.39 is 5.41 Å². The molecule has 0 bridgehead atoms. The molecule has 0 aliphatic heterocycles. The Balaban J connectivity index is 2.19. The predicted molar refractivity (Wildman–Crippen MR) is 70.1 cm³/mol. The molecule has 0 heterocycles. The fourth-order valence-corrected chi connectivity index (χ4v) is 2.05. The summed E-state index contributed by atoms with van der Waals surface area (Å²) in [7, 11) is 1.55. The number of carbonyl (C=O) groups is 1. The SMILES string of the molecule is COc1cc(C)c(NC(=O)C2(CO)CC2)cc1Cl. The van der Waals surface area contributed by atoms with Crippen molar-refractivity contribution in [3.8, 4) is 5.75 Å². The number of aryl methyl sites for hydroxylation is 1. The van der Waals surface area contributed by atoms with Gasteiger partial charge in [-0.05, 0) is 37.5 Å². The third kappa shape index (κ3) is 2.31. The van der Waals surface area contributed by atoms with Gasteiger partial charge in [-0.25, -0.2) is 0 Å². The van der Waals surface area contributed by atoms with Gasteiger partial charge in [-0.3, -0.25) is 4.79 Å². The third-order valence-electron chi connectivity index (χ3n) is 3.38. The van der Waals surface area contributed by atoms with E-state index in [-0.39, 0.29) is 12.5 Å². The summed E-state index contributed by atoms with van der Waals surface area (Å²) >= 11 is 6.02. The summed E-state index contributed by atoms with van der Waals surface area (Å²) in [5.74, 6) is 0.435. The molecule has 1 aromatic rings. The van der Waals surface area contributed by atoms with Gasteiger partial charge in [0.1, 0.15) is 5.75 Å². The average molecular weight is 270 g/mol. The first kappa shape index (κ1) is 13.2. The number of hydrogen-bond donors (Lipinski definition) is 2. The van der Waals surface area contributed by atoms with Crippen molar-refractivity contribution in [2.75, 3.05) is 19.0 Å². The van der Waals surface area contributed by atoms with Crippen LogP contribution in [0.4, 0.5) is 5.69 Å². The molecule has 1 aliphatic carbocycles. The molecule has 98 valence electrons. The first-order valence-electron chi connectivity index (χ1n) is 5.79. The average Bonchev–Trinajstić information content (AvgIpc) is 3.14. The molecule has 2 N–H and O–H groups in total. The maximum Gasteiger partial charge on any atom is 0.232 e. The fraction of sp³-hybridized carbons (Fsp3) is 0.462. The second kappa shape index (κ2) is 4.78. The smallest absolute Gasteiger partial charge is 0.232 e. The normalized spacial score (nSPS) is 16.2. The molecule has 1 aliphatic rings. The maximum atomic E-state index is 12.0. The van der Waals surface area contributed by atoms with Crippen LogP contribution >= 0.6 is 11.6 Å². The molecule has 1 amide bonds. The number of amides is 1. The van der Waals surface area contributed by atoms with Crippen molar-refractivity contribution in [3.05, 3.63) is 22.7 Å². The molecular weight excluding hydrogens is 254 g/mol. The van der Waals surface area contributed by atoms with Gasteiger partial charge in [-0.15, -0.1) is 0 Å². The highest BCUT2D eigenvalue weighted by atomic mass is 35.5. The molecule has 18 heavy (non-hydrogen) atoms. The molecule has 0 radical (unpaired) electrons. The first-order valence-corrected chi connectivity index (χ1v) is 6.17. The van der Waals surface area contributed by atoms with E-state index in [1.165, 1.54) is 0 Å². The lowest BCUT2D eigenvalue weighted by Gasteiger charge is -2.15. The molecule has 0 atom stereocenters. The molecule has 0 unspecified atom stereocenters. The van der Waals surface area contributed by atoms with Crippen molar-refractivity contribution in [3.63, 3.8) is 0 Å². The third-order valence-corrected chi connectivity index (χ3v) is 3.68. The lowest BCUT2D eigenvalue weighted by Crippen LogP contribution is -2.27. The van der Waals surface area contributed by atoms with Gasteiger partial charge in [0.2, 0.25) is 5.91 Å². The van der Waals surface area contributed by atoms with Gasteiger partial charge in [-0.1, -0.05) is 11.6 Å². The Labute approximate surface area is 111 Å². The van der Waals surface area contributed by atoms with Crippen molar-refractivity contribution in [2.24, 2.45) is 5.41 Å². The highest BCUT2D eigenvalue weighted by molar-refractivity contribution is 6.32. The van der Waals surface area contributed by atoms with E-state index >= 15 is 0 Å². The van der Waals surface area contributed by atoms with Crippen LogP contribution in [-0.4, -0.2) is 24.7 Å². The number of aliphatic hydroxyl groups is 1. The Morgan fingerprint density at radius 3 is 2.72 bits per heavy atom. The van der Waals surface area contributed by atoms with Crippen LogP contribution in [0.5, 0.6) is 5.75 Å². The number of hydrogen-bond acceptors (Lipinski definition) is 3. The largest absolute Gasteiger partial charge is 0.495 e. The Kier molecular flexibility index (Phi) is 3.50.